The van der Waals surface area contributed by atoms with Gasteiger partial charge in [-0.05, 0) is 30.2 Å². The van der Waals surface area contributed by atoms with Crippen molar-refractivity contribution in [3.05, 3.63) is 35.1 Å². The van der Waals surface area contributed by atoms with Crippen molar-refractivity contribution < 1.29 is 0 Å². The van der Waals surface area contributed by atoms with Crippen molar-refractivity contribution in [2.45, 2.75) is 13.3 Å². The van der Waals surface area contributed by atoms with E-state index in [0.717, 1.165) is 29.4 Å². The summed E-state index contributed by atoms with van der Waals surface area (Å²) in [7, 11) is 0. The third-order valence-electron chi connectivity index (χ3n) is 2.01. The summed E-state index contributed by atoms with van der Waals surface area (Å²) in [4.78, 5) is 10.1. The van der Waals surface area contributed by atoms with E-state index in [1.807, 2.05) is 19.1 Å². The van der Waals surface area contributed by atoms with Crippen LogP contribution in [0.3, 0.4) is 0 Å². The van der Waals surface area contributed by atoms with Crippen LogP contribution in [0.4, 0.5) is 0 Å². The predicted molar refractivity (Wildman–Crippen MR) is 67.6 cm³/mol. The van der Waals surface area contributed by atoms with Crippen molar-refractivity contribution in [1.29, 1.82) is 0 Å². The lowest BCUT2D eigenvalue weighted by Gasteiger charge is -2.03. The molecule has 2 rings (SSSR count). The smallest absolute Gasteiger partial charge is 0.130 e. The largest absolute Gasteiger partial charge is 0.238 e. The van der Waals surface area contributed by atoms with Crippen LogP contribution in [0.25, 0.3) is 10.6 Å². The molecule has 0 spiro atoms. The minimum atomic E-state index is 0.785. The zero-order valence-corrected chi connectivity index (χ0v) is 10.2. The molecule has 0 unspecified atom stereocenters. The van der Waals surface area contributed by atoms with Gasteiger partial charge in [-0.3, -0.25) is 0 Å². The van der Waals surface area contributed by atoms with Crippen LogP contribution in [0.2, 0.25) is 0 Å². The Hall–Kier alpha value is -0.870. The van der Waals surface area contributed by atoms with Crippen LogP contribution in [-0.4, -0.2) is 15.7 Å². The molecule has 4 heteroatoms. The van der Waals surface area contributed by atoms with Gasteiger partial charge in [-0.2, -0.15) is 12.6 Å². The minimum Gasteiger partial charge on any atom is -0.238 e. The summed E-state index contributed by atoms with van der Waals surface area (Å²) in [6.07, 6.45) is 0.823. The highest BCUT2D eigenvalue weighted by molar-refractivity contribution is 7.80. The third kappa shape index (κ3) is 2.58. The number of rotatable bonds is 3. The average Bonchev–Trinajstić information content (AvgIpc) is 2.70. The van der Waals surface area contributed by atoms with Crippen molar-refractivity contribution in [2.24, 2.45) is 0 Å². The molecule has 0 saturated carbocycles. The molecule has 2 heterocycles. The molecule has 0 radical (unpaired) electrons. The highest BCUT2D eigenvalue weighted by Gasteiger charge is 2.04. The van der Waals surface area contributed by atoms with E-state index in [4.69, 9.17) is 0 Å². The molecule has 2 aromatic rings. The van der Waals surface area contributed by atoms with Gasteiger partial charge < -0.3 is 0 Å². The fourth-order valence-corrected chi connectivity index (χ4v) is 2.28. The van der Waals surface area contributed by atoms with Gasteiger partial charge in [0.15, 0.2) is 0 Å². The molecule has 0 aliphatic carbocycles. The Morgan fingerprint density at radius 1 is 1.40 bits per heavy atom. The Morgan fingerprint density at radius 3 is 2.93 bits per heavy atom. The van der Waals surface area contributed by atoms with Crippen LogP contribution in [-0.2, 0) is 6.42 Å². The second kappa shape index (κ2) is 4.77. The molecule has 0 aromatic carbocycles. The van der Waals surface area contributed by atoms with Crippen LogP contribution < -0.4 is 0 Å². The van der Waals surface area contributed by atoms with Crippen LogP contribution in [0, 0.1) is 6.92 Å². The first-order valence-electron chi connectivity index (χ1n) is 4.79. The Bertz CT molecular complexity index is 438. The van der Waals surface area contributed by atoms with Gasteiger partial charge in [0, 0.05) is 12.1 Å². The Balaban J connectivity index is 2.40. The number of aromatic nitrogens is 2. The monoisotopic (exact) mass is 236 g/mol. The molecule has 0 amide bonds. The summed E-state index contributed by atoms with van der Waals surface area (Å²) >= 11 is 5.90. The van der Waals surface area contributed by atoms with E-state index >= 15 is 0 Å². The number of nitrogens with zero attached hydrogens (tertiary/aromatic N) is 2. The fourth-order valence-electron chi connectivity index (χ4n) is 1.39. The predicted octanol–water partition coefficient (Wildman–Crippen LogP) is 2.99. The van der Waals surface area contributed by atoms with E-state index in [2.05, 4.69) is 34.0 Å². The second-order valence-corrected chi connectivity index (χ2v) is 4.66. The van der Waals surface area contributed by atoms with Crippen molar-refractivity contribution in [3.8, 4) is 10.6 Å². The topological polar surface area (TPSA) is 25.8 Å². The van der Waals surface area contributed by atoms with Crippen LogP contribution in [0.1, 0.15) is 11.5 Å². The molecule has 0 saturated heterocycles. The van der Waals surface area contributed by atoms with E-state index in [9.17, 15) is 0 Å². The summed E-state index contributed by atoms with van der Waals surface area (Å²) < 4.78 is 0. The molecule has 78 valence electrons. The van der Waals surface area contributed by atoms with Gasteiger partial charge in [-0.15, -0.1) is 11.3 Å². The highest BCUT2D eigenvalue weighted by atomic mass is 32.1. The van der Waals surface area contributed by atoms with Gasteiger partial charge in [-0.25, -0.2) is 9.97 Å². The van der Waals surface area contributed by atoms with Gasteiger partial charge in [0.05, 0.1) is 10.6 Å². The van der Waals surface area contributed by atoms with Gasteiger partial charge in [0.25, 0.3) is 0 Å². The molecule has 0 bridgehead atoms. The molecule has 2 aromatic heterocycles. The molecule has 2 nitrogen and oxygen atoms in total. The number of aryl methyl sites for hydroxylation is 2. The normalized spacial score (nSPS) is 10.5. The first kappa shape index (κ1) is 10.6. The quantitative estimate of drug-likeness (QED) is 0.829. The standard InChI is InChI=1S/C11H12N2S2/c1-8-7-9(10-3-2-6-15-10)13-11(12-8)4-5-14/h2-3,6-7,14H,4-5H2,1H3. The summed E-state index contributed by atoms with van der Waals surface area (Å²) in [5, 5.41) is 2.06. The van der Waals surface area contributed by atoms with Crippen molar-refractivity contribution in [2.75, 3.05) is 5.75 Å². The van der Waals surface area contributed by atoms with Gasteiger partial charge in [-0.1, -0.05) is 6.07 Å². The molecular formula is C11H12N2S2. The first-order chi connectivity index (χ1) is 7.29. The average molecular weight is 236 g/mol. The molecule has 0 atom stereocenters. The van der Waals surface area contributed by atoms with Crippen LogP contribution in [0.15, 0.2) is 23.6 Å². The van der Waals surface area contributed by atoms with E-state index in [1.54, 1.807) is 11.3 Å². The third-order valence-corrected chi connectivity index (χ3v) is 3.13. The Morgan fingerprint density at radius 2 is 2.27 bits per heavy atom. The van der Waals surface area contributed by atoms with Crippen molar-refractivity contribution in [3.63, 3.8) is 0 Å². The number of thiol groups is 1. The number of hydrogen-bond acceptors (Lipinski definition) is 4. The molecular weight excluding hydrogens is 224 g/mol. The highest BCUT2D eigenvalue weighted by Crippen LogP contribution is 2.23. The van der Waals surface area contributed by atoms with Gasteiger partial charge in [0.2, 0.25) is 0 Å². The maximum absolute atomic E-state index is 4.52. The lowest BCUT2D eigenvalue weighted by atomic mass is 10.3. The lowest BCUT2D eigenvalue weighted by molar-refractivity contribution is 0.931. The summed E-state index contributed by atoms with van der Waals surface area (Å²) in [6.45, 7) is 2.00. The maximum Gasteiger partial charge on any atom is 0.130 e. The zero-order valence-electron chi connectivity index (χ0n) is 8.47. The zero-order chi connectivity index (χ0) is 10.7. The Labute approximate surface area is 98.8 Å². The first-order valence-corrected chi connectivity index (χ1v) is 6.30. The van der Waals surface area contributed by atoms with Crippen LogP contribution in [0.5, 0.6) is 0 Å². The van der Waals surface area contributed by atoms with E-state index < -0.39 is 0 Å². The number of hydrogen-bond donors (Lipinski definition) is 1. The lowest BCUT2D eigenvalue weighted by Crippen LogP contribution is -1.99. The van der Waals surface area contributed by atoms with Crippen LogP contribution >= 0.6 is 24.0 Å². The van der Waals surface area contributed by atoms with Gasteiger partial charge in [0.1, 0.15) is 5.82 Å². The molecule has 0 fully saturated rings. The van der Waals surface area contributed by atoms with E-state index in [1.165, 1.54) is 4.88 Å². The van der Waals surface area contributed by atoms with E-state index in [-0.39, 0.29) is 0 Å². The number of thiophene rings is 1. The SMILES string of the molecule is Cc1cc(-c2cccs2)nc(CCS)n1. The van der Waals surface area contributed by atoms with E-state index in [0.29, 0.717) is 0 Å². The fraction of sp³-hybridized carbons (Fsp3) is 0.273. The second-order valence-electron chi connectivity index (χ2n) is 3.26. The van der Waals surface area contributed by atoms with Crippen molar-refractivity contribution in [1.82, 2.24) is 9.97 Å². The summed E-state index contributed by atoms with van der Waals surface area (Å²) in [5.74, 6) is 1.67. The molecule has 15 heavy (non-hydrogen) atoms. The summed E-state index contributed by atoms with van der Waals surface area (Å²) in [5.41, 5.74) is 2.04. The minimum absolute atomic E-state index is 0.785. The molecule has 0 N–H and O–H groups in total. The maximum atomic E-state index is 4.52. The molecule has 0 aliphatic rings. The van der Waals surface area contributed by atoms with Gasteiger partial charge >= 0.3 is 0 Å². The van der Waals surface area contributed by atoms with Crippen molar-refractivity contribution >= 4 is 24.0 Å². The Kier molecular flexibility index (Phi) is 3.38. The molecule has 0 aliphatic heterocycles. The summed E-state index contributed by atoms with van der Waals surface area (Å²) in [6, 6.07) is 6.14.